The van der Waals surface area contributed by atoms with Gasteiger partial charge in [-0.1, -0.05) is 23.9 Å². The molecule has 7 heteroatoms. The van der Waals surface area contributed by atoms with E-state index in [0.717, 1.165) is 32.6 Å². The van der Waals surface area contributed by atoms with Crippen molar-refractivity contribution in [3.05, 3.63) is 24.3 Å². The summed E-state index contributed by atoms with van der Waals surface area (Å²) in [6, 6.07) is 6.64. The summed E-state index contributed by atoms with van der Waals surface area (Å²) >= 11 is 0.445. The number of nitrogens with zero attached hydrogens (tertiary/aromatic N) is 1. The SMILES string of the molecule is O=C(CN1CCCNCC1)Nc1ccccc1SC(F)F. The van der Waals surface area contributed by atoms with Crippen molar-refractivity contribution in [3.63, 3.8) is 0 Å². The van der Waals surface area contributed by atoms with Crippen LogP contribution in [0.1, 0.15) is 6.42 Å². The summed E-state index contributed by atoms with van der Waals surface area (Å²) in [5.74, 6) is -2.67. The molecule has 0 bridgehead atoms. The minimum atomic E-state index is -2.50. The molecule has 0 aromatic heterocycles. The molecule has 2 rings (SSSR count). The zero-order valence-corrected chi connectivity index (χ0v) is 12.5. The Hall–Kier alpha value is -1.18. The molecule has 0 unspecified atom stereocenters. The molecule has 4 nitrogen and oxygen atoms in total. The molecule has 1 aliphatic rings. The van der Waals surface area contributed by atoms with Gasteiger partial charge in [0.25, 0.3) is 5.76 Å². The van der Waals surface area contributed by atoms with Gasteiger partial charge in [-0.3, -0.25) is 9.69 Å². The van der Waals surface area contributed by atoms with Crippen LogP contribution in [0.15, 0.2) is 29.2 Å². The van der Waals surface area contributed by atoms with Gasteiger partial charge >= 0.3 is 0 Å². The zero-order valence-electron chi connectivity index (χ0n) is 11.6. The lowest BCUT2D eigenvalue weighted by atomic mass is 10.3. The number of para-hydroxylation sites is 1. The second-order valence-corrected chi connectivity index (χ2v) is 5.83. The Kier molecular flexibility index (Phi) is 6.41. The van der Waals surface area contributed by atoms with Crippen LogP contribution in [-0.4, -0.2) is 49.3 Å². The van der Waals surface area contributed by atoms with E-state index < -0.39 is 5.76 Å². The Morgan fingerprint density at radius 2 is 2.14 bits per heavy atom. The lowest BCUT2D eigenvalue weighted by Crippen LogP contribution is -2.35. The average molecular weight is 315 g/mol. The van der Waals surface area contributed by atoms with Crippen LogP contribution in [0, 0.1) is 0 Å². The number of anilines is 1. The summed E-state index contributed by atoms with van der Waals surface area (Å²) in [6.45, 7) is 3.81. The molecule has 0 radical (unpaired) electrons. The molecule has 1 aromatic carbocycles. The van der Waals surface area contributed by atoms with Crippen LogP contribution in [0.3, 0.4) is 0 Å². The molecule has 1 heterocycles. The number of hydrogen-bond acceptors (Lipinski definition) is 4. The van der Waals surface area contributed by atoms with Gasteiger partial charge in [-0.05, 0) is 31.6 Å². The topological polar surface area (TPSA) is 44.4 Å². The van der Waals surface area contributed by atoms with Gasteiger partial charge < -0.3 is 10.6 Å². The third-order valence-electron chi connectivity index (χ3n) is 3.18. The maximum Gasteiger partial charge on any atom is 0.288 e. The molecule has 116 valence electrons. The van der Waals surface area contributed by atoms with Gasteiger partial charge in [0.15, 0.2) is 0 Å². The molecule has 0 saturated carbocycles. The Morgan fingerprint density at radius 3 is 2.95 bits per heavy atom. The Balaban J connectivity index is 1.92. The van der Waals surface area contributed by atoms with Gasteiger partial charge in [-0.25, -0.2) is 0 Å². The molecule has 0 atom stereocenters. The van der Waals surface area contributed by atoms with E-state index in [-0.39, 0.29) is 12.5 Å². The molecular weight excluding hydrogens is 296 g/mol. The molecular formula is C14H19F2N3OS. The monoisotopic (exact) mass is 315 g/mol. The van der Waals surface area contributed by atoms with Gasteiger partial charge in [-0.15, -0.1) is 0 Å². The predicted octanol–water partition coefficient (Wildman–Crippen LogP) is 2.24. The summed E-state index contributed by atoms with van der Waals surface area (Å²) in [4.78, 5) is 14.5. The van der Waals surface area contributed by atoms with Crippen LogP contribution in [0.5, 0.6) is 0 Å². The Labute approximate surface area is 127 Å². The van der Waals surface area contributed by atoms with E-state index in [9.17, 15) is 13.6 Å². The molecule has 1 saturated heterocycles. The van der Waals surface area contributed by atoms with Crippen molar-refractivity contribution >= 4 is 23.4 Å². The normalized spacial score (nSPS) is 16.7. The van der Waals surface area contributed by atoms with Crippen molar-refractivity contribution in [2.75, 3.05) is 38.0 Å². The van der Waals surface area contributed by atoms with E-state index in [1.165, 1.54) is 0 Å². The first-order chi connectivity index (χ1) is 10.1. The number of halogens is 2. The number of thioether (sulfide) groups is 1. The van der Waals surface area contributed by atoms with Gasteiger partial charge in [0, 0.05) is 18.0 Å². The summed E-state index contributed by atoms with van der Waals surface area (Å²) in [5, 5.41) is 6.00. The Morgan fingerprint density at radius 1 is 1.33 bits per heavy atom. The summed E-state index contributed by atoms with van der Waals surface area (Å²) < 4.78 is 25.0. The highest BCUT2D eigenvalue weighted by atomic mass is 32.2. The van der Waals surface area contributed by atoms with E-state index in [1.54, 1.807) is 24.3 Å². The highest BCUT2D eigenvalue weighted by Gasteiger charge is 2.15. The molecule has 1 amide bonds. The van der Waals surface area contributed by atoms with Crippen LogP contribution in [0.2, 0.25) is 0 Å². The number of hydrogen-bond donors (Lipinski definition) is 2. The highest BCUT2D eigenvalue weighted by Crippen LogP contribution is 2.31. The van der Waals surface area contributed by atoms with Crippen LogP contribution < -0.4 is 10.6 Å². The summed E-state index contributed by atoms with van der Waals surface area (Å²) in [5.41, 5.74) is 0.445. The molecule has 0 aliphatic carbocycles. The van der Waals surface area contributed by atoms with Crippen molar-refractivity contribution in [1.82, 2.24) is 10.2 Å². The average Bonchev–Trinajstić information content (AvgIpc) is 2.69. The molecule has 0 spiro atoms. The second-order valence-electron chi connectivity index (χ2n) is 4.80. The minimum absolute atomic E-state index is 0.167. The van der Waals surface area contributed by atoms with Crippen LogP contribution in [-0.2, 0) is 4.79 Å². The number of amides is 1. The van der Waals surface area contributed by atoms with Crippen molar-refractivity contribution in [2.45, 2.75) is 17.1 Å². The minimum Gasteiger partial charge on any atom is -0.324 e. The molecule has 1 aromatic rings. The smallest absolute Gasteiger partial charge is 0.288 e. The summed E-state index contributed by atoms with van der Waals surface area (Å²) in [6.07, 6.45) is 1.01. The van der Waals surface area contributed by atoms with Gasteiger partial charge in [-0.2, -0.15) is 8.78 Å². The maximum absolute atomic E-state index is 12.5. The standard InChI is InChI=1S/C14H19F2N3OS/c15-14(16)21-12-5-2-1-4-11(12)18-13(20)10-19-8-3-6-17-7-9-19/h1-2,4-5,14,17H,3,6-10H2,(H,18,20). The highest BCUT2D eigenvalue weighted by molar-refractivity contribution is 7.99. The number of carbonyl (C=O) groups excluding carboxylic acids is 1. The predicted molar refractivity (Wildman–Crippen MR) is 80.9 cm³/mol. The fourth-order valence-corrected chi connectivity index (χ4v) is 2.82. The quantitative estimate of drug-likeness (QED) is 0.818. The number of nitrogens with one attached hydrogen (secondary N) is 2. The van der Waals surface area contributed by atoms with Crippen molar-refractivity contribution in [1.29, 1.82) is 0 Å². The van der Waals surface area contributed by atoms with Gasteiger partial charge in [0.05, 0.1) is 12.2 Å². The van der Waals surface area contributed by atoms with E-state index in [0.29, 0.717) is 22.3 Å². The molecule has 2 N–H and O–H groups in total. The zero-order chi connectivity index (χ0) is 15.1. The second kappa shape index (κ2) is 8.31. The van der Waals surface area contributed by atoms with E-state index >= 15 is 0 Å². The molecule has 21 heavy (non-hydrogen) atoms. The van der Waals surface area contributed by atoms with Crippen LogP contribution >= 0.6 is 11.8 Å². The first kappa shape index (κ1) is 16.2. The lowest BCUT2D eigenvalue weighted by Gasteiger charge is -2.19. The van der Waals surface area contributed by atoms with Gasteiger partial charge in [0.2, 0.25) is 5.91 Å². The molecule has 1 aliphatic heterocycles. The first-order valence-electron chi connectivity index (χ1n) is 6.92. The van der Waals surface area contributed by atoms with Crippen LogP contribution in [0.25, 0.3) is 0 Å². The number of benzene rings is 1. The lowest BCUT2D eigenvalue weighted by molar-refractivity contribution is -0.117. The number of carbonyl (C=O) groups is 1. The number of alkyl halides is 2. The Bertz CT molecular complexity index is 465. The van der Waals surface area contributed by atoms with E-state index in [2.05, 4.69) is 15.5 Å². The largest absolute Gasteiger partial charge is 0.324 e. The number of rotatable bonds is 5. The van der Waals surface area contributed by atoms with E-state index in [4.69, 9.17) is 0 Å². The third kappa shape index (κ3) is 5.61. The van der Waals surface area contributed by atoms with E-state index in [1.807, 2.05) is 0 Å². The summed E-state index contributed by atoms with van der Waals surface area (Å²) in [7, 11) is 0. The maximum atomic E-state index is 12.5. The van der Waals surface area contributed by atoms with Crippen molar-refractivity contribution in [2.24, 2.45) is 0 Å². The fourth-order valence-electron chi connectivity index (χ4n) is 2.22. The van der Waals surface area contributed by atoms with Crippen LogP contribution in [0.4, 0.5) is 14.5 Å². The third-order valence-corrected chi connectivity index (χ3v) is 3.97. The first-order valence-corrected chi connectivity index (χ1v) is 7.80. The fraction of sp³-hybridized carbons (Fsp3) is 0.500. The molecule has 1 fully saturated rings. The van der Waals surface area contributed by atoms with Crippen molar-refractivity contribution in [3.8, 4) is 0 Å². The van der Waals surface area contributed by atoms with Crippen molar-refractivity contribution < 1.29 is 13.6 Å². The van der Waals surface area contributed by atoms with Gasteiger partial charge in [0.1, 0.15) is 0 Å².